The van der Waals surface area contributed by atoms with Gasteiger partial charge in [0.05, 0.1) is 0 Å². The molecule has 2 fully saturated rings. The first-order valence-electron chi connectivity index (χ1n) is 4.29. The van der Waals surface area contributed by atoms with Crippen molar-refractivity contribution in [3.8, 4) is 0 Å². The number of rotatable bonds is 0. The number of ketones is 1. The zero-order valence-electron chi connectivity index (χ0n) is 6.52. The van der Waals surface area contributed by atoms with Crippen LogP contribution in [0, 0.1) is 11.3 Å². The molecule has 1 nitrogen and oxygen atoms in total. The minimum absolute atomic E-state index is 0.207. The normalized spacial score (nSPS) is 36.5. The van der Waals surface area contributed by atoms with Crippen molar-refractivity contribution < 1.29 is 4.79 Å². The van der Waals surface area contributed by atoms with Gasteiger partial charge in [-0.05, 0) is 31.6 Å². The fourth-order valence-electron chi connectivity index (χ4n) is 2.28. The molecule has 0 aliphatic heterocycles. The van der Waals surface area contributed by atoms with E-state index >= 15 is 0 Å². The van der Waals surface area contributed by atoms with Crippen LogP contribution in [0.15, 0.2) is 0 Å². The van der Waals surface area contributed by atoms with Crippen molar-refractivity contribution >= 4 is 5.78 Å². The largest absolute Gasteiger partial charge is 0.299 e. The van der Waals surface area contributed by atoms with Crippen molar-refractivity contribution in [1.29, 1.82) is 0 Å². The second-order valence-electron chi connectivity index (χ2n) is 3.87. The molecule has 1 spiro atoms. The Morgan fingerprint density at radius 3 is 2.60 bits per heavy atom. The molecule has 2 aliphatic rings. The highest BCUT2D eigenvalue weighted by molar-refractivity contribution is 5.88. The van der Waals surface area contributed by atoms with Crippen LogP contribution in [0.1, 0.15) is 39.0 Å². The Hall–Kier alpha value is -0.330. The highest BCUT2D eigenvalue weighted by Gasteiger charge is 2.54. The Labute approximate surface area is 61.8 Å². The fraction of sp³-hybridized carbons (Fsp3) is 0.889. The maximum absolute atomic E-state index is 11.4. The summed E-state index contributed by atoms with van der Waals surface area (Å²) in [6.07, 6.45) is 5.66. The molecule has 1 unspecified atom stereocenters. The minimum Gasteiger partial charge on any atom is -0.299 e. The summed E-state index contributed by atoms with van der Waals surface area (Å²) >= 11 is 0. The predicted molar refractivity (Wildman–Crippen MR) is 39.7 cm³/mol. The van der Waals surface area contributed by atoms with E-state index in [0.717, 1.165) is 12.8 Å². The van der Waals surface area contributed by atoms with Gasteiger partial charge in [0.1, 0.15) is 5.78 Å². The molecule has 2 saturated carbocycles. The van der Waals surface area contributed by atoms with Gasteiger partial charge in [-0.1, -0.05) is 6.92 Å². The lowest BCUT2D eigenvalue weighted by Crippen LogP contribution is -2.27. The second-order valence-corrected chi connectivity index (χ2v) is 3.87. The molecule has 10 heavy (non-hydrogen) atoms. The van der Waals surface area contributed by atoms with E-state index < -0.39 is 0 Å². The molecule has 0 amide bonds. The smallest absolute Gasteiger partial charge is 0.139 e. The highest BCUT2D eigenvalue weighted by Crippen LogP contribution is 2.57. The van der Waals surface area contributed by atoms with Crippen LogP contribution in [0.25, 0.3) is 0 Å². The zero-order chi connectivity index (χ0) is 7.19. The molecular weight excluding hydrogens is 124 g/mol. The van der Waals surface area contributed by atoms with E-state index in [0.29, 0.717) is 11.7 Å². The van der Waals surface area contributed by atoms with E-state index in [1.807, 2.05) is 0 Å². The molecule has 0 bridgehead atoms. The van der Waals surface area contributed by atoms with Crippen LogP contribution in [0.3, 0.4) is 0 Å². The summed E-state index contributed by atoms with van der Waals surface area (Å²) in [5.41, 5.74) is 0.207. The van der Waals surface area contributed by atoms with Gasteiger partial charge in [-0.25, -0.2) is 0 Å². The molecule has 0 aromatic rings. The van der Waals surface area contributed by atoms with Crippen LogP contribution in [0.2, 0.25) is 0 Å². The van der Waals surface area contributed by atoms with Gasteiger partial charge in [0.15, 0.2) is 0 Å². The van der Waals surface area contributed by atoms with E-state index in [9.17, 15) is 4.79 Å². The first kappa shape index (κ1) is 6.38. The Bertz CT molecular complexity index is 168. The van der Waals surface area contributed by atoms with Gasteiger partial charge < -0.3 is 0 Å². The van der Waals surface area contributed by atoms with Gasteiger partial charge in [0.2, 0.25) is 0 Å². The van der Waals surface area contributed by atoms with Crippen molar-refractivity contribution in [3.05, 3.63) is 0 Å². The third kappa shape index (κ3) is 0.664. The van der Waals surface area contributed by atoms with Crippen molar-refractivity contribution in [1.82, 2.24) is 0 Å². The monoisotopic (exact) mass is 138 g/mol. The first-order valence-corrected chi connectivity index (χ1v) is 4.29. The summed E-state index contributed by atoms with van der Waals surface area (Å²) in [4.78, 5) is 11.4. The van der Waals surface area contributed by atoms with E-state index in [4.69, 9.17) is 0 Å². The molecule has 0 aromatic carbocycles. The number of carbonyl (C=O) groups is 1. The Balaban J connectivity index is 2.18. The van der Waals surface area contributed by atoms with Crippen LogP contribution in [-0.2, 0) is 4.79 Å². The molecule has 0 saturated heterocycles. The molecule has 0 heterocycles. The van der Waals surface area contributed by atoms with Crippen LogP contribution in [0.5, 0.6) is 0 Å². The summed E-state index contributed by atoms with van der Waals surface area (Å²) in [7, 11) is 0. The third-order valence-corrected chi connectivity index (χ3v) is 3.33. The summed E-state index contributed by atoms with van der Waals surface area (Å²) < 4.78 is 0. The number of Topliss-reactive ketones (excluding diaryl/α,β-unsaturated/α-hetero) is 1. The molecule has 2 rings (SSSR count). The maximum atomic E-state index is 11.4. The summed E-state index contributed by atoms with van der Waals surface area (Å²) in [6.45, 7) is 2.24. The van der Waals surface area contributed by atoms with E-state index in [2.05, 4.69) is 6.92 Å². The van der Waals surface area contributed by atoms with Gasteiger partial charge in [-0.15, -0.1) is 0 Å². The summed E-state index contributed by atoms with van der Waals surface area (Å²) in [6, 6.07) is 0. The van der Waals surface area contributed by atoms with Crippen molar-refractivity contribution in [2.45, 2.75) is 39.0 Å². The van der Waals surface area contributed by atoms with Gasteiger partial charge in [-0.2, -0.15) is 0 Å². The average Bonchev–Trinajstić information content (AvgIpc) is 2.64. The number of carbonyl (C=O) groups excluding carboxylic acids is 1. The van der Waals surface area contributed by atoms with Gasteiger partial charge in [0, 0.05) is 11.8 Å². The lowest BCUT2D eigenvalue weighted by Gasteiger charge is -2.26. The molecule has 1 heteroatoms. The second kappa shape index (κ2) is 1.84. The van der Waals surface area contributed by atoms with E-state index in [1.54, 1.807) is 0 Å². The Morgan fingerprint density at radius 1 is 1.50 bits per heavy atom. The molecule has 2 aliphatic carbocycles. The van der Waals surface area contributed by atoms with Gasteiger partial charge >= 0.3 is 0 Å². The van der Waals surface area contributed by atoms with Crippen LogP contribution in [-0.4, -0.2) is 5.78 Å². The average molecular weight is 138 g/mol. The predicted octanol–water partition coefficient (Wildman–Crippen LogP) is 2.16. The fourth-order valence-corrected chi connectivity index (χ4v) is 2.28. The third-order valence-electron chi connectivity index (χ3n) is 3.33. The standard InChI is InChI=1S/C9H14O/c1-7-3-2-4-8(10)9(7)5-6-9/h7H,2-6H2,1H3. The first-order chi connectivity index (χ1) is 4.76. The minimum atomic E-state index is 0.207. The lowest BCUT2D eigenvalue weighted by molar-refractivity contribution is -0.128. The van der Waals surface area contributed by atoms with Crippen LogP contribution >= 0.6 is 0 Å². The summed E-state index contributed by atoms with van der Waals surface area (Å²) in [5.74, 6) is 1.25. The highest BCUT2D eigenvalue weighted by atomic mass is 16.1. The van der Waals surface area contributed by atoms with Crippen molar-refractivity contribution in [3.63, 3.8) is 0 Å². The van der Waals surface area contributed by atoms with E-state index in [1.165, 1.54) is 19.3 Å². The Kier molecular flexibility index (Phi) is 1.17. The summed E-state index contributed by atoms with van der Waals surface area (Å²) in [5, 5.41) is 0. The van der Waals surface area contributed by atoms with Crippen molar-refractivity contribution in [2.75, 3.05) is 0 Å². The molecule has 0 aromatic heterocycles. The number of hydrogen-bond acceptors (Lipinski definition) is 1. The van der Waals surface area contributed by atoms with Crippen molar-refractivity contribution in [2.24, 2.45) is 11.3 Å². The zero-order valence-corrected chi connectivity index (χ0v) is 6.52. The molecule has 0 radical (unpaired) electrons. The van der Waals surface area contributed by atoms with E-state index in [-0.39, 0.29) is 5.41 Å². The van der Waals surface area contributed by atoms with Gasteiger partial charge in [0.25, 0.3) is 0 Å². The lowest BCUT2D eigenvalue weighted by atomic mass is 9.77. The molecule has 1 atom stereocenters. The van der Waals surface area contributed by atoms with Crippen LogP contribution < -0.4 is 0 Å². The molecule has 0 N–H and O–H groups in total. The van der Waals surface area contributed by atoms with Crippen LogP contribution in [0.4, 0.5) is 0 Å². The Morgan fingerprint density at radius 2 is 2.20 bits per heavy atom. The van der Waals surface area contributed by atoms with Gasteiger partial charge in [-0.3, -0.25) is 4.79 Å². The quantitative estimate of drug-likeness (QED) is 0.501. The topological polar surface area (TPSA) is 17.1 Å². The maximum Gasteiger partial charge on any atom is 0.139 e. The molecular formula is C9H14O. The molecule has 56 valence electrons. The SMILES string of the molecule is CC1CCCC(=O)C12CC2. The number of hydrogen-bond donors (Lipinski definition) is 0.